The van der Waals surface area contributed by atoms with E-state index in [1.807, 2.05) is 17.5 Å². The van der Waals surface area contributed by atoms with Crippen molar-refractivity contribution in [3.8, 4) is 6.07 Å². The first-order chi connectivity index (χ1) is 14.1. The van der Waals surface area contributed by atoms with Crippen LogP contribution in [0.1, 0.15) is 49.0 Å². The fourth-order valence-electron chi connectivity index (χ4n) is 4.42. The minimum absolute atomic E-state index is 0.0699. The van der Waals surface area contributed by atoms with Crippen molar-refractivity contribution >= 4 is 33.2 Å². The van der Waals surface area contributed by atoms with E-state index in [1.165, 1.54) is 0 Å². The molecule has 152 valence electrons. The van der Waals surface area contributed by atoms with Crippen LogP contribution in [0, 0.1) is 17.2 Å². The molecule has 1 saturated heterocycles. The fraction of sp³-hybridized carbons (Fsp3) is 0.524. The number of carbonyl (C=O) groups excluding carboxylic acids is 2. The number of nitrogens with one attached hydrogen (secondary N) is 1. The highest BCUT2D eigenvalue weighted by Crippen LogP contribution is 2.29. The Hall–Kier alpha value is -2.50. The molecule has 8 heteroatoms. The number of hydrogen-bond acceptors (Lipinski definition) is 6. The second kappa shape index (κ2) is 8.47. The molecule has 0 radical (unpaired) electrons. The molecule has 0 bridgehead atoms. The van der Waals surface area contributed by atoms with Gasteiger partial charge < -0.3 is 16.0 Å². The Morgan fingerprint density at radius 2 is 2.10 bits per heavy atom. The fourth-order valence-corrected chi connectivity index (χ4v) is 5.22. The van der Waals surface area contributed by atoms with Gasteiger partial charge in [-0.3, -0.25) is 14.6 Å². The van der Waals surface area contributed by atoms with Gasteiger partial charge in [0.05, 0.1) is 12.1 Å². The van der Waals surface area contributed by atoms with E-state index >= 15 is 0 Å². The van der Waals surface area contributed by atoms with Crippen LogP contribution in [0.4, 0.5) is 0 Å². The van der Waals surface area contributed by atoms with E-state index in [2.05, 4.69) is 16.4 Å². The number of pyridine rings is 1. The Morgan fingerprint density at radius 1 is 1.31 bits per heavy atom. The van der Waals surface area contributed by atoms with Crippen LogP contribution in [0.15, 0.2) is 23.7 Å². The van der Waals surface area contributed by atoms with Crippen LogP contribution in [0.5, 0.6) is 0 Å². The zero-order chi connectivity index (χ0) is 20.4. The molecule has 7 nitrogen and oxygen atoms in total. The van der Waals surface area contributed by atoms with Gasteiger partial charge in [0.2, 0.25) is 5.91 Å². The molecule has 2 aliphatic rings. The molecule has 3 heterocycles. The number of nitriles is 1. The Labute approximate surface area is 173 Å². The summed E-state index contributed by atoms with van der Waals surface area (Å²) in [7, 11) is 0. The quantitative estimate of drug-likeness (QED) is 0.802. The molecule has 2 fully saturated rings. The highest BCUT2D eigenvalue weighted by atomic mass is 32.1. The van der Waals surface area contributed by atoms with Crippen molar-refractivity contribution in [3.63, 3.8) is 0 Å². The summed E-state index contributed by atoms with van der Waals surface area (Å²) >= 11 is 1.59. The largest absolute Gasteiger partial charge is 0.348 e. The van der Waals surface area contributed by atoms with Gasteiger partial charge in [0.1, 0.15) is 11.7 Å². The molecule has 0 spiro atoms. The van der Waals surface area contributed by atoms with Gasteiger partial charge in [0.25, 0.3) is 5.91 Å². The van der Waals surface area contributed by atoms with Gasteiger partial charge in [0.15, 0.2) is 0 Å². The maximum atomic E-state index is 12.7. The van der Waals surface area contributed by atoms with Crippen LogP contribution in [0.2, 0.25) is 0 Å². The predicted molar refractivity (Wildman–Crippen MR) is 111 cm³/mol. The highest BCUT2D eigenvalue weighted by Gasteiger charge is 2.36. The van der Waals surface area contributed by atoms with Gasteiger partial charge in [-0.1, -0.05) is 0 Å². The molecule has 2 aromatic heterocycles. The third-order valence-electron chi connectivity index (χ3n) is 6.16. The Balaban J connectivity index is 1.30. The Kier molecular flexibility index (Phi) is 5.79. The number of thiophene rings is 1. The third kappa shape index (κ3) is 4.11. The molecule has 2 aromatic rings. The number of amides is 2. The molecular formula is C21H25N5O2S. The molecule has 2 atom stereocenters. The van der Waals surface area contributed by atoms with Crippen LogP contribution < -0.4 is 11.1 Å². The normalized spacial score (nSPS) is 25.5. The summed E-state index contributed by atoms with van der Waals surface area (Å²) in [5, 5.41) is 15.3. The first-order valence-corrected chi connectivity index (χ1v) is 11.0. The van der Waals surface area contributed by atoms with E-state index in [-0.39, 0.29) is 29.8 Å². The molecule has 1 aliphatic heterocycles. The second-order valence-corrected chi connectivity index (χ2v) is 8.91. The number of fused-ring (bicyclic) bond motifs is 1. The average Bonchev–Trinajstić information content (AvgIpc) is 3.41. The van der Waals surface area contributed by atoms with E-state index in [0.29, 0.717) is 12.2 Å². The number of nitrogens with two attached hydrogens (primary N) is 1. The van der Waals surface area contributed by atoms with Crippen molar-refractivity contribution in [2.75, 3.05) is 6.54 Å². The number of carbonyl (C=O) groups is 2. The molecule has 2 amide bonds. The number of hydrogen-bond donors (Lipinski definition) is 2. The van der Waals surface area contributed by atoms with Crippen LogP contribution in [-0.4, -0.2) is 46.4 Å². The summed E-state index contributed by atoms with van der Waals surface area (Å²) in [4.78, 5) is 31.2. The smallest absolute Gasteiger partial charge is 0.270 e. The first-order valence-electron chi connectivity index (χ1n) is 10.2. The van der Waals surface area contributed by atoms with Crippen LogP contribution in [0.25, 0.3) is 10.1 Å². The van der Waals surface area contributed by atoms with Crippen LogP contribution in [-0.2, 0) is 4.79 Å². The van der Waals surface area contributed by atoms with Crippen LogP contribution >= 0.6 is 11.3 Å². The lowest BCUT2D eigenvalue weighted by atomic mass is 9.81. The van der Waals surface area contributed by atoms with Gasteiger partial charge in [0, 0.05) is 28.9 Å². The summed E-state index contributed by atoms with van der Waals surface area (Å²) < 4.78 is 1.05. The van der Waals surface area contributed by atoms with Gasteiger partial charge in [-0.05, 0) is 62.0 Å². The van der Waals surface area contributed by atoms with Crippen molar-refractivity contribution in [2.45, 2.75) is 56.7 Å². The zero-order valence-corrected chi connectivity index (χ0v) is 17.0. The van der Waals surface area contributed by atoms with Crippen molar-refractivity contribution in [1.29, 1.82) is 5.26 Å². The van der Waals surface area contributed by atoms with Crippen molar-refractivity contribution in [2.24, 2.45) is 11.7 Å². The maximum absolute atomic E-state index is 12.7. The van der Waals surface area contributed by atoms with Crippen LogP contribution in [0.3, 0.4) is 0 Å². The lowest BCUT2D eigenvalue weighted by Crippen LogP contribution is -2.50. The van der Waals surface area contributed by atoms with E-state index in [4.69, 9.17) is 5.73 Å². The van der Waals surface area contributed by atoms with Gasteiger partial charge in [-0.2, -0.15) is 5.26 Å². The summed E-state index contributed by atoms with van der Waals surface area (Å²) in [6, 6.07) is 5.19. The standard InChI is InChI=1S/C21H25N5O2S/c22-11-16-2-1-8-26(16)21(28)19(23)13-3-5-15(6-4-13)25-20(27)17-10-18-14(12-24-17)7-9-29-18/h7,9-10,12-13,15-16,19H,1-6,8,23H2,(H,25,27)/t13?,15?,16?,19-/m0/s1. The molecule has 3 N–H and O–H groups in total. The molecule has 1 saturated carbocycles. The number of likely N-dealkylation sites (tertiary alicyclic amines) is 1. The second-order valence-electron chi connectivity index (χ2n) is 7.96. The highest BCUT2D eigenvalue weighted by molar-refractivity contribution is 7.17. The van der Waals surface area contributed by atoms with E-state index in [9.17, 15) is 14.9 Å². The molecule has 1 aliphatic carbocycles. The summed E-state index contributed by atoms with van der Waals surface area (Å²) in [6.07, 6.45) is 6.50. The van der Waals surface area contributed by atoms with Gasteiger partial charge in [-0.25, -0.2) is 0 Å². The monoisotopic (exact) mass is 411 g/mol. The van der Waals surface area contributed by atoms with E-state index in [0.717, 1.165) is 48.6 Å². The van der Waals surface area contributed by atoms with E-state index < -0.39 is 6.04 Å². The summed E-state index contributed by atoms with van der Waals surface area (Å²) in [5.41, 5.74) is 6.71. The van der Waals surface area contributed by atoms with Gasteiger partial charge in [-0.15, -0.1) is 11.3 Å². The van der Waals surface area contributed by atoms with Crippen molar-refractivity contribution < 1.29 is 9.59 Å². The zero-order valence-electron chi connectivity index (χ0n) is 16.2. The minimum Gasteiger partial charge on any atom is -0.348 e. The molecule has 4 rings (SSSR count). The molecule has 29 heavy (non-hydrogen) atoms. The van der Waals surface area contributed by atoms with Crippen molar-refractivity contribution in [3.05, 3.63) is 29.4 Å². The van der Waals surface area contributed by atoms with Gasteiger partial charge >= 0.3 is 0 Å². The Bertz CT molecular complexity index is 944. The molecule has 1 unspecified atom stereocenters. The minimum atomic E-state index is -0.566. The lowest BCUT2D eigenvalue weighted by molar-refractivity contribution is -0.134. The first kappa shape index (κ1) is 19.8. The number of rotatable bonds is 4. The Morgan fingerprint density at radius 3 is 2.86 bits per heavy atom. The summed E-state index contributed by atoms with van der Waals surface area (Å²) in [6.45, 7) is 0.623. The third-order valence-corrected chi connectivity index (χ3v) is 7.03. The maximum Gasteiger partial charge on any atom is 0.270 e. The van der Waals surface area contributed by atoms with E-state index in [1.54, 1.807) is 22.4 Å². The summed E-state index contributed by atoms with van der Waals surface area (Å²) in [5.74, 6) is -0.163. The lowest BCUT2D eigenvalue weighted by Gasteiger charge is -2.34. The van der Waals surface area contributed by atoms with Crippen molar-refractivity contribution in [1.82, 2.24) is 15.2 Å². The topological polar surface area (TPSA) is 112 Å². The number of aromatic nitrogens is 1. The average molecular weight is 412 g/mol. The predicted octanol–water partition coefficient (Wildman–Crippen LogP) is 2.43. The molecule has 0 aromatic carbocycles. The SMILES string of the molecule is N#CC1CCCN1C(=O)[C@@H](N)C1CCC(NC(=O)c2cc3sccc3cn2)CC1. The molecular weight excluding hydrogens is 386 g/mol. The number of nitrogens with zero attached hydrogens (tertiary/aromatic N) is 3.